The van der Waals surface area contributed by atoms with Crippen LogP contribution < -0.4 is 0 Å². The van der Waals surface area contributed by atoms with Crippen molar-refractivity contribution in [2.24, 2.45) is 54.1 Å². The van der Waals surface area contributed by atoms with Gasteiger partial charge in [-0.2, -0.15) is 0 Å². The van der Waals surface area contributed by atoms with Gasteiger partial charge in [0.2, 0.25) is 0 Å². The van der Waals surface area contributed by atoms with Crippen LogP contribution in [0.5, 0.6) is 17.2 Å². The molecule has 0 fully saturated rings. The maximum Gasteiger partial charge on any atom is 0.309 e. The summed E-state index contributed by atoms with van der Waals surface area (Å²) in [7, 11) is 0. The van der Waals surface area contributed by atoms with Gasteiger partial charge in [-0.25, -0.2) is 0 Å². The highest BCUT2D eigenvalue weighted by Gasteiger charge is 2.31. The molecule has 0 unspecified atom stereocenters. The Morgan fingerprint density at radius 2 is 0.431 bits per heavy atom. The van der Waals surface area contributed by atoms with Crippen molar-refractivity contribution in [3.63, 3.8) is 0 Å². The molecule has 0 spiro atoms. The van der Waals surface area contributed by atoms with Gasteiger partial charge < -0.3 is 40.9 Å². The second-order valence-electron chi connectivity index (χ2n) is 47.9. The second-order valence-corrected chi connectivity index (χ2v) is 47.9. The minimum absolute atomic E-state index is 0.338. The van der Waals surface area contributed by atoms with E-state index in [4.69, 9.17) is 15.3 Å². The van der Waals surface area contributed by atoms with Crippen LogP contribution in [0.2, 0.25) is 0 Å². The summed E-state index contributed by atoms with van der Waals surface area (Å²) in [5.41, 5.74) is 15.3. The molecule has 0 radical (unpaired) electrons. The van der Waals surface area contributed by atoms with E-state index in [1.807, 2.05) is 45.9 Å². The van der Waals surface area contributed by atoms with E-state index >= 15 is 0 Å². The lowest BCUT2D eigenvalue weighted by Crippen LogP contribution is -2.23. The van der Waals surface area contributed by atoms with Crippen LogP contribution in [0.3, 0.4) is 0 Å². The molecule has 5 aromatic carbocycles. The predicted molar refractivity (Wildman–Crippen MR) is 550 cm³/mol. The highest BCUT2D eigenvalue weighted by atomic mass is 16.4. The lowest BCUT2D eigenvalue weighted by Gasteiger charge is -2.19. The van der Waals surface area contributed by atoms with E-state index in [9.17, 15) is 49.5 Å². The van der Waals surface area contributed by atoms with Crippen molar-refractivity contribution in [1.82, 2.24) is 0 Å². The smallest absolute Gasteiger partial charge is 0.309 e. The third kappa shape index (κ3) is 56.8. The number of rotatable bonds is 55. The molecule has 0 saturated carbocycles. The summed E-state index contributed by atoms with van der Waals surface area (Å²) < 4.78 is 0. The fourth-order valence-corrected chi connectivity index (χ4v) is 16.6. The van der Waals surface area contributed by atoms with Crippen LogP contribution in [0.1, 0.15) is 465 Å². The number of aryl methyl sites for hydroxylation is 10. The Balaban J connectivity index is 0.000000812. The van der Waals surface area contributed by atoms with Crippen molar-refractivity contribution in [2.45, 2.75) is 476 Å². The Bertz CT molecular complexity index is 3800. The predicted octanol–water partition coefficient (Wildman–Crippen LogP) is 33.0. The van der Waals surface area contributed by atoms with Gasteiger partial charge in [0.1, 0.15) is 17.2 Å². The van der Waals surface area contributed by atoms with Crippen molar-refractivity contribution in [2.75, 3.05) is 0 Å². The van der Waals surface area contributed by atoms with E-state index in [0.29, 0.717) is 57.2 Å². The number of hydrogen-bond donors (Lipinski definition) is 8. The highest BCUT2D eigenvalue weighted by molar-refractivity contribution is 5.75. The fourth-order valence-electron chi connectivity index (χ4n) is 16.6. The van der Waals surface area contributed by atoms with Crippen molar-refractivity contribution >= 4 is 29.8 Å². The van der Waals surface area contributed by atoms with Gasteiger partial charge in [0.25, 0.3) is 0 Å². The number of benzene rings is 5. The van der Waals surface area contributed by atoms with Gasteiger partial charge in [0, 0.05) is 0 Å². The lowest BCUT2D eigenvalue weighted by atomic mass is 9.86. The van der Waals surface area contributed by atoms with Crippen molar-refractivity contribution in [3.8, 4) is 17.2 Å². The van der Waals surface area contributed by atoms with Gasteiger partial charge in [-0.3, -0.25) is 24.0 Å². The number of carboxylic acid groups (broad SMARTS) is 5. The van der Waals surface area contributed by atoms with Crippen LogP contribution >= 0.6 is 0 Å². The first kappa shape index (κ1) is 121. The molecule has 0 atom stereocenters. The van der Waals surface area contributed by atoms with Crippen LogP contribution in [-0.2, 0) is 88.2 Å². The molecule has 5 rings (SSSR count). The Morgan fingerprint density at radius 3 is 0.708 bits per heavy atom. The molecule has 0 saturated heterocycles. The standard InChI is InChI=1S/2C24H40O2.3C23H38O3/c1-19-13-12-15-20(14-9-11-17-23(2,3)4)21(19)16-8-7-10-18-24(5,6)22(25)26;1-19-14-15-20(12-9-11-16-23(2,3)4)21(18-19)13-8-7-10-17-24(5,6)22(25)26;1-22(2,3)16-10-8-12-18-13-11-15-20(24)19(18)14-7-6-9-17-23(4,5)21(25)26;1-22(2,3)15-10-8-11-18-13-14-20(24)17-19(18)12-7-6-9-16-23(4,5)21(25)26;1-22(2,3)15-10-8-12-19-17-20(24)14-13-18(19)11-7-6-9-16-23(4,5)21(25)26/h12-13,15H,7-11,14,16-18H2,1-6H3,(H,25,26);14-15,18H,7-13,16-17H2,1-6H3,(H,25,26);11,13,15,24H,6-10,12,14,16-17H2,1-5H3,(H,25,26);2*13-14,17,24H,6-12,15-16H2,1-5H3,(H,25,26). The van der Waals surface area contributed by atoms with Crippen LogP contribution in [0, 0.1) is 68.0 Å². The number of aromatic hydroxyl groups is 3. The molecule has 0 amide bonds. The molecule has 0 aliphatic rings. The number of carboxylic acids is 5. The van der Waals surface area contributed by atoms with Crippen molar-refractivity contribution < 1.29 is 64.8 Å². The molecule has 0 aliphatic heterocycles. The normalized spacial score (nSPS) is 12.4. The number of unbranched alkanes of at least 4 members (excludes halogenated alkanes) is 15. The molecule has 0 aliphatic carbocycles. The zero-order valence-corrected chi connectivity index (χ0v) is 88.1. The van der Waals surface area contributed by atoms with Gasteiger partial charge in [-0.1, -0.05) is 266 Å². The first-order valence-corrected chi connectivity index (χ1v) is 50.8. The maximum atomic E-state index is 11.2. The molecular formula is C117H194O13. The topological polar surface area (TPSA) is 247 Å². The second kappa shape index (κ2) is 59.6. The summed E-state index contributed by atoms with van der Waals surface area (Å²) in [6.45, 7) is 56.8. The number of aliphatic carboxylic acids is 5. The molecule has 8 N–H and O–H groups in total. The third-order valence-corrected chi connectivity index (χ3v) is 26.2. The summed E-state index contributed by atoms with van der Waals surface area (Å²) in [6, 6.07) is 31.0. The Kier molecular flexibility index (Phi) is 55.4. The average molecular weight is 1810 g/mol. The Morgan fingerprint density at radius 1 is 0.215 bits per heavy atom. The highest BCUT2D eigenvalue weighted by Crippen LogP contribution is 2.36. The number of carbonyl (C=O) groups is 5. The van der Waals surface area contributed by atoms with Crippen molar-refractivity contribution in [3.05, 3.63) is 158 Å². The van der Waals surface area contributed by atoms with Crippen LogP contribution in [0.25, 0.3) is 0 Å². The quantitative estimate of drug-likeness (QED) is 0.0169. The van der Waals surface area contributed by atoms with Crippen LogP contribution in [0.4, 0.5) is 0 Å². The first-order chi connectivity index (χ1) is 60.1. The Labute approximate surface area is 795 Å². The van der Waals surface area contributed by atoms with Crippen molar-refractivity contribution in [1.29, 1.82) is 0 Å². The minimum atomic E-state index is -0.726. The largest absolute Gasteiger partial charge is 0.508 e. The van der Waals surface area contributed by atoms with Crippen LogP contribution in [0.15, 0.2) is 91.0 Å². The molecule has 5 aromatic rings. The molecule has 0 heterocycles. The third-order valence-electron chi connectivity index (χ3n) is 26.2. The fraction of sp³-hybridized carbons (Fsp3) is 0.701. The molecule has 0 bridgehead atoms. The van der Waals surface area contributed by atoms with E-state index in [0.717, 1.165) is 185 Å². The summed E-state index contributed by atoms with van der Waals surface area (Å²) in [4.78, 5) is 55.8. The van der Waals surface area contributed by atoms with E-state index in [1.165, 1.54) is 158 Å². The van der Waals surface area contributed by atoms with Gasteiger partial charge in [0.05, 0.1) is 27.1 Å². The van der Waals surface area contributed by atoms with E-state index < -0.39 is 56.9 Å². The summed E-state index contributed by atoms with van der Waals surface area (Å²) in [5.74, 6) is -2.44. The average Bonchev–Trinajstić information content (AvgIpc) is 0.858. The van der Waals surface area contributed by atoms with E-state index in [2.05, 4.69) is 172 Å². The lowest BCUT2D eigenvalue weighted by molar-refractivity contribution is -0.148. The number of phenols is 3. The summed E-state index contributed by atoms with van der Waals surface area (Å²) in [6.07, 6.45) is 48.1. The molecule has 740 valence electrons. The zero-order chi connectivity index (χ0) is 99.0. The molecule has 130 heavy (non-hydrogen) atoms. The van der Waals surface area contributed by atoms with Gasteiger partial charge >= 0.3 is 29.8 Å². The summed E-state index contributed by atoms with van der Waals surface area (Å²) >= 11 is 0. The Hall–Kier alpha value is -7.15. The molecule has 13 nitrogen and oxygen atoms in total. The number of phenolic OH excluding ortho intramolecular Hbond substituents is 3. The number of hydrogen-bond acceptors (Lipinski definition) is 8. The van der Waals surface area contributed by atoms with Gasteiger partial charge in [0.15, 0.2) is 0 Å². The molecule has 0 aromatic heterocycles. The van der Waals surface area contributed by atoms with Crippen LogP contribution in [-0.4, -0.2) is 70.7 Å². The van der Waals surface area contributed by atoms with E-state index in [-0.39, 0.29) is 0 Å². The SMILES string of the molecule is CC(C)(C)CCCCc1cc(O)ccc1CCCCCC(C)(C)C(=O)O.CC(C)(C)CCCCc1ccc(O)cc1CCCCCC(C)(C)C(=O)O.CC(C)(C)CCCCc1cccc(O)c1CCCCCC(C)(C)C(=O)O.Cc1ccc(CCCCC(C)(C)C)c(CCCCCC(C)(C)C(=O)O)c1.Cc1cccc(CCCCC(C)(C)C)c1CCCCCC(C)(C)C(=O)O. The molecule has 13 heteroatoms. The van der Waals surface area contributed by atoms with Gasteiger partial charge in [-0.05, 0) is 394 Å². The molecular weight excluding hydrogens is 1610 g/mol. The zero-order valence-electron chi connectivity index (χ0n) is 88.1. The van der Waals surface area contributed by atoms with E-state index in [1.54, 1.807) is 59.7 Å². The first-order valence-electron chi connectivity index (χ1n) is 50.8. The monoisotopic (exact) mass is 1810 g/mol. The maximum absolute atomic E-state index is 11.2. The summed E-state index contributed by atoms with van der Waals surface area (Å²) in [5, 5.41) is 75.8. The van der Waals surface area contributed by atoms with Gasteiger partial charge in [-0.15, -0.1) is 0 Å². The minimum Gasteiger partial charge on any atom is -0.508 e.